The van der Waals surface area contributed by atoms with Crippen molar-refractivity contribution in [1.82, 2.24) is 9.78 Å². The molecule has 0 aromatic carbocycles. The zero-order valence-corrected chi connectivity index (χ0v) is 10.5. The van der Waals surface area contributed by atoms with Gasteiger partial charge in [-0.3, -0.25) is 9.48 Å². The van der Waals surface area contributed by atoms with E-state index < -0.39 is 0 Å². The first-order valence-electron chi connectivity index (χ1n) is 4.41. The van der Waals surface area contributed by atoms with E-state index >= 15 is 0 Å². The number of hydrogen-bond donors (Lipinski definition) is 0. The van der Waals surface area contributed by atoms with E-state index in [0.29, 0.717) is 12.1 Å². The summed E-state index contributed by atoms with van der Waals surface area (Å²) in [6, 6.07) is 3.69. The van der Waals surface area contributed by atoms with Gasteiger partial charge in [-0.15, -0.1) is 11.3 Å². The van der Waals surface area contributed by atoms with E-state index in [1.54, 1.807) is 35.3 Å². The average molecular weight is 285 g/mol. The molecule has 2 rings (SSSR count). The molecule has 2 aromatic rings. The maximum Gasteiger partial charge on any atom is 0.186 e. The summed E-state index contributed by atoms with van der Waals surface area (Å²) in [4.78, 5) is 12.9. The summed E-state index contributed by atoms with van der Waals surface area (Å²) in [6.07, 6.45) is 2.06. The number of thiophene rings is 1. The average Bonchev–Trinajstić information content (AvgIpc) is 2.76. The predicted octanol–water partition coefficient (Wildman–Crippen LogP) is 2.67. The van der Waals surface area contributed by atoms with Crippen molar-refractivity contribution in [2.45, 2.75) is 6.42 Å². The molecule has 2 heterocycles. The van der Waals surface area contributed by atoms with E-state index in [-0.39, 0.29) is 5.78 Å². The quantitative estimate of drug-likeness (QED) is 0.813. The molecule has 0 N–H and O–H groups in total. The summed E-state index contributed by atoms with van der Waals surface area (Å²) >= 11 is 5.00. The molecule has 0 fully saturated rings. The summed E-state index contributed by atoms with van der Waals surface area (Å²) in [5, 5.41) is 5.95. The van der Waals surface area contributed by atoms with E-state index in [9.17, 15) is 4.79 Å². The maximum atomic E-state index is 11.9. The van der Waals surface area contributed by atoms with Crippen molar-refractivity contribution >= 4 is 33.0 Å². The van der Waals surface area contributed by atoms with Crippen LogP contribution in [-0.4, -0.2) is 15.6 Å². The fourth-order valence-corrected chi connectivity index (χ4v) is 2.83. The number of aromatic nitrogens is 2. The first-order valence-corrected chi connectivity index (χ1v) is 6.09. The highest BCUT2D eigenvalue weighted by atomic mass is 79.9. The second-order valence-corrected chi connectivity index (χ2v) is 4.99. The number of Topliss-reactive ketones (excluding diaryl/α,β-unsaturated/α-hetero) is 1. The summed E-state index contributed by atoms with van der Waals surface area (Å²) in [7, 11) is 1.77. The molecule has 0 aliphatic heterocycles. The Bertz CT molecular complexity index is 489. The van der Waals surface area contributed by atoms with E-state index in [0.717, 1.165) is 9.35 Å². The lowest BCUT2D eigenvalue weighted by atomic mass is 10.2. The van der Waals surface area contributed by atoms with E-state index in [1.807, 2.05) is 11.4 Å². The molecule has 0 saturated heterocycles. The van der Waals surface area contributed by atoms with E-state index in [4.69, 9.17) is 0 Å². The Labute approximate surface area is 99.9 Å². The number of ketones is 1. The van der Waals surface area contributed by atoms with Crippen molar-refractivity contribution in [3.8, 4) is 0 Å². The maximum absolute atomic E-state index is 11.9. The lowest BCUT2D eigenvalue weighted by Gasteiger charge is -2.00. The number of carbonyl (C=O) groups excluding carboxylic acids is 1. The molecule has 0 aliphatic rings. The molecule has 0 saturated carbocycles. The van der Waals surface area contributed by atoms with Crippen LogP contribution in [0.5, 0.6) is 0 Å². The molecule has 5 heteroatoms. The Morgan fingerprint density at radius 1 is 1.60 bits per heavy atom. The number of nitrogens with zero attached hydrogens (tertiary/aromatic N) is 2. The molecule has 0 unspecified atom stereocenters. The number of aryl methyl sites for hydroxylation is 1. The number of halogens is 1. The SMILES string of the molecule is Cn1nccc1C(=O)Cc1sccc1Br. The Balaban J connectivity index is 2.18. The fourth-order valence-electron chi connectivity index (χ4n) is 1.34. The van der Waals surface area contributed by atoms with Crippen molar-refractivity contribution in [3.63, 3.8) is 0 Å². The van der Waals surface area contributed by atoms with Gasteiger partial charge in [-0.2, -0.15) is 5.10 Å². The van der Waals surface area contributed by atoms with Crippen LogP contribution in [0.25, 0.3) is 0 Å². The Hall–Kier alpha value is -0.940. The minimum Gasteiger partial charge on any atom is -0.292 e. The summed E-state index contributed by atoms with van der Waals surface area (Å²) < 4.78 is 2.60. The number of hydrogen-bond acceptors (Lipinski definition) is 3. The largest absolute Gasteiger partial charge is 0.292 e. The molecule has 78 valence electrons. The first kappa shape index (κ1) is 10.6. The normalized spacial score (nSPS) is 10.5. The van der Waals surface area contributed by atoms with Gasteiger partial charge >= 0.3 is 0 Å². The van der Waals surface area contributed by atoms with Gasteiger partial charge in [0.25, 0.3) is 0 Å². The zero-order valence-electron chi connectivity index (χ0n) is 8.11. The van der Waals surface area contributed by atoms with Gasteiger partial charge in [-0.1, -0.05) is 0 Å². The van der Waals surface area contributed by atoms with Gasteiger partial charge in [-0.05, 0) is 33.4 Å². The molecular weight excluding hydrogens is 276 g/mol. The smallest absolute Gasteiger partial charge is 0.186 e. The van der Waals surface area contributed by atoms with Gasteiger partial charge in [0, 0.05) is 29.0 Å². The second kappa shape index (κ2) is 4.28. The topological polar surface area (TPSA) is 34.9 Å². The third-order valence-electron chi connectivity index (χ3n) is 2.12. The molecule has 15 heavy (non-hydrogen) atoms. The summed E-state index contributed by atoms with van der Waals surface area (Å²) in [5.74, 6) is 0.0955. The van der Waals surface area contributed by atoms with E-state index in [2.05, 4.69) is 21.0 Å². The van der Waals surface area contributed by atoms with Crippen LogP contribution >= 0.6 is 27.3 Å². The zero-order chi connectivity index (χ0) is 10.8. The highest BCUT2D eigenvalue weighted by Gasteiger charge is 2.13. The van der Waals surface area contributed by atoms with Crippen molar-refractivity contribution in [3.05, 3.63) is 38.8 Å². The van der Waals surface area contributed by atoms with Crippen LogP contribution in [0.1, 0.15) is 15.4 Å². The molecule has 0 amide bonds. The standard InChI is InChI=1S/C10H9BrN2OS/c1-13-8(2-4-12-13)9(14)6-10-7(11)3-5-15-10/h2-5H,6H2,1H3. The molecular formula is C10H9BrN2OS. The van der Waals surface area contributed by atoms with Crippen LogP contribution in [0.3, 0.4) is 0 Å². The predicted molar refractivity (Wildman–Crippen MR) is 63.3 cm³/mol. The van der Waals surface area contributed by atoms with Crippen molar-refractivity contribution in [1.29, 1.82) is 0 Å². The van der Waals surface area contributed by atoms with Gasteiger partial charge in [0.2, 0.25) is 0 Å². The lowest BCUT2D eigenvalue weighted by Crippen LogP contribution is -2.09. The van der Waals surface area contributed by atoms with Crippen LogP contribution in [0.15, 0.2) is 28.2 Å². The second-order valence-electron chi connectivity index (χ2n) is 3.13. The van der Waals surface area contributed by atoms with Crippen LogP contribution in [0.2, 0.25) is 0 Å². The van der Waals surface area contributed by atoms with E-state index in [1.165, 1.54) is 0 Å². The van der Waals surface area contributed by atoms with Gasteiger partial charge < -0.3 is 0 Å². The van der Waals surface area contributed by atoms with Crippen molar-refractivity contribution in [2.75, 3.05) is 0 Å². The molecule has 0 bridgehead atoms. The fraction of sp³-hybridized carbons (Fsp3) is 0.200. The summed E-state index contributed by atoms with van der Waals surface area (Å²) in [6.45, 7) is 0. The van der Waals surface area contributed by atoms with Crippen molar-refractivity contribution in [2.24, 2.45) is 7.05 Å². The minimum atomic E-state index is 0.0955. The molecule has 3 nitrogen and oxygen atoms in total. The van der Waals surface area contributed by atoms with Crippen LogP contribution in [-0.2, 0) is 13.5 Å². The minimum absolute atomic E-state index is 0.0955. The van der Waals surface area contributed by atoms with Crippen molar-refractivity contribution < 1.29 is 4.79 Å². The number of rotatable bonds is 3. The van der Waals surface area contributed by atoms with Crippen LogP contribution in [0.4, 0.5) is 0 Å². The third-order valence-corrected chi connectivity index (χ3v) is 4.05. The Morgan fingerprint density at radius 2 is 2.40 bits per heavy atom. The molecule has 0 atom stereocenters. The molecule has 0 aliphatic carbocycles. The summed E-state index contributed by atoms with van der Waals surface area (Å²) in [5.41, 5.74) is 0.648. The van der Waals surface area contributed by atoms with Gasteiger partial charge in [0.1, 0.15) is 5.69 Å². The lowest BCUT2D eigenvalue weighted by molar-refractivity contribution is 0.0984. The number of carbonyl (C=O) groups is 1. The Morgan fingerprint density at radius 3 is 2.93 bits per heavy atom. The Kier molecular flexibility index (Phi) is 3.02. The molecule has 0 spiro atoms. The van der Waals surface area contributed by atoms with Gasteiger partial charge in [0.15, 0.2) is 5.78 Å². The van der Waals surface area contributed by atoms with Crippen LogP contribution in [0, 0.1) is 0 Å². The van der Waals surface area contributed by atoms with Gasteiger partial charge in [0.05, 0.1) is 0 Å². The highest BCUT2D eigenvalue weighted by Crippen LogP contribution is 2.24. The molecule has 2 aromatic heterocycles. The third kappa shape index (κ3) is 2.18. The van der Waals surface area contributed by atoms with Gasteiger partial charge in [-0.25, -0.2) is 0 Å². The molecule has 0 radical (unpaired) electrons. The van der Waals surface area contributed by atoms with Crippen LogP contribution < -0.4 is 0 Å². The first-order chi connectivity index (χ1) is 7.18. The highest BCUT2D eigenvalue weighted by molar-refractivity contribution is 9.10. The monoisotopic (exact) mass is 284 g/mol.